The van der Waals surface area contributed by atoms with Crippen molar-refractivity contribution in [3.63, 3.8) is 0 Å². The Hall–Kier alpha value is -1.23. The van der Waals surface area contributed by atoms with E-state index in [1.807, 2.05) is 0 Å². The smallest absolute Gasteiger partial charge is 0.123 e. The highest BCUT2D eigenvalue weighted by molar-refractivity contribution is 7.84. The normalized spacial score (nSPS) is 12.4. The van der Waals surface area contributed by atoms with Gasteiger partial charge in [-0.3, -0.25) is 4.21 Å². The van der Waals surface area contributed by atoms with E-state index in [2.05, 4.69) is 0 Å². The molecule has 2 aromatic carbocycles. The molecule has 2 rings (SSSR count). The SMILES string of the molecule is NCc1ccc(F)cc1CS(=O)c1cccc(Cl)c1. The highest BCUT2D eigenvalue weighted by Gasteiger charge is 2.10. The van der Waals surface area contributed by atoms with Gasteiger partial charge < -0.3 is 5.73 Å². The van der Waals surface area contributed by atoms with Crippen LogP contribution in [0, 0.1) is 5.82 Å². The number of hydrogen-bond acceptors (Lipinski definition) is 2. The van der Waals surface area contributed by atoms with Gasteiger partial charge in [0, 0.05) is 16.5 Å². The predicted molar refractivity (Wildman–Crippen MR) is 75.9 cm³/mol. The number of halogens is 2. The average molecular weight is 298 g/mol. The molecule has 19 heavy (non-hydrogen) atoms. The zero-order valence-corrected chi connectivity index (χ0v) is 11.7. The second-order valence-electron chi connectivity index (χ2n) is 4.06. The molecule has 0 radical (unpaired) electrons. The lowest BCUT2D eigenvalue weighted by Gasteiger charge is -2.08. The minimum atomic E-state index is -1.27. The van der Waals surface area contributed by atoms with E-state index in [9.17, 15) is 8.60 Å². The predicted octanol–water partition coefficient (Wildman–Crippen LogP) is 3.25. The van der Waals surface area contributed by atoms with Gasteiger partial charge in [0.05, 0.1) is 16.6 Å². The van der Waals surface area contributed by atoms with Crippen LogP contribution in [-0.4, -0.2) is 4.21 Å². The van der Waals surface area contributed by atoms with E-state index in [1.54, 1.807) is 30.3 Å². The van der Waals surface area contributed by atoms with Gasteiger partial charge in [0.2, 0.25) is 0 Å². The Balaban J connectivity index is 2.26. The first kappa shape index (κ1) is 14.2. The lowest BCUT2D eigenvalue weighted by Crippen LogP contribution is -2.05. The lowest BCUT2D eigenvalue weighted by atomic mass is 10.1. The Labute approximate surface area is 118 Å². The summed E-state index contributed by atoms with van der Waals surface area (Å²) in [5, 5.41) is 0.532. The molecule has 1 atom stereocenters. The molecule has 0 heterocycles. The summed E-state index contributed by atoms with van der Waals surface area (Å²) in [6, 6.07) is 11.2. The maximum Gasteiger partial charge on any atom is 0.123 e. The second-order valence-corrected chi connectivity index (χ2v) is 5.95. The van der Waals surface area contributed by atoms with Gasteiger partial charge in [-0.05, 0) is 41.5 Å². The van der Waals surface area contributed by atoms with Crippen LogP contribution in [-0.2, 0) is 23.1 Å². The van der Waals surface area contributed by atoms with Crippen molar-refractivity contribution in [3.8, 4) is 0 Å². The molecule has 0 saturated heterocycles. The molecule has 0 bridgehead atoms. The number of rotatable bonds is 4. The molecule has 0 saturated carbocycles. The topological polar surface area (TPSA) is 43.1 Å². The molecule has 100 valence electrons. The van der Waals surface area contributed by atoms with Gasteiger partial charge in [0.1, 0.15) is 5.82 Å². The molecule has 1 unspecified atom stereocenters. The number of nitrogens with two attached hydrogens (primary N) is 1. The average Bonchev–Trinajstić information content (AvgIpc) is 2.39. The van der Waals surface area contributed by atoms with Crippen LogP contribution in [0.15, 0.2) is 47.4 Å². The van der Waals surface area contributed by atoms with Gasteiger partial charge in [-0.1, -0.05) is 23.7 Å². The van der Waals surface area contributed by atoms with Crippen molar-refractivity contribution in [3.05, 3.63) is 64.4 Å². The summed E-state index contributed by atoms with van der Waals surface area (Å²) in [7, 11) is -1.27. The summed E-state index contributed by atoms with van der Waals surface area (Å²) in [6.45, 7) is 0.294. The first-order chi connectivity index (χ1) is 9.10. The van der Waals surface area contributed by atoms with Crippen molar-refractivity contribution in [2.45, 2.75) is 17.2 Å². The molecule has 2 nitrogen and oxygen atoms in total. The first-order valence-corrected chi connectivity index (χ1v) is 7.41. The van der Waals surface area contributed by atoms with E-state index in [-0.39, 0.29) is 11.6 Å². The highest BCUT2D eigenvalue weighted by atomic mass is 35.5. The van der Waals surface area contributed by atoms with Crippen molar-refractivity contribution < 1.29 is 8.60 Å². The molecular weight excluding hydrogens is 285 g/mol. The highest BCUT2D eigenvalue weighted by Crippen LogP contribution is 2.19. The molecule has 0 fully saturated rings. The van der Waals surface area contributed by atoms with Crippen molar-refractivity contribution >= 4 is 22.4 Å². The fourth-order valence-electron chi connectivity index (χ4n) is 1.76. The van der Waals surface area contributed by atoms with Gasteiger partial charge in [-0.15, -0.1) is 0 Å². The molecular formula is C14H13ClFNOS. The molecule has 2 N–H and O–H groups in total. The zero-order chi connectivity index (χ0) is 13.8. The Morgan fingerprint density at radius 1 is 1.16 bits per heavy atom. The molecule has 5 heteroatoms. The summed E-state index contributed by atoms with van der Waals surface area (Å²) in [6.07, 6.45) is 0. The Morgan fingerprint density at radius 2 is 1.95 bits per heavy atom. The fraction of sp³-hybridized carbons (Fsp3) is 0.143. The van der Waals surface area contributed by atoms with Crippen LogP contribution in [0.2, 0.25) is 5.02 Å². The van der Waals surface area contributed by atoms with E-state index in [1.165, 1.54) is 12.1 Å². The van der Waals surface area contributed by atoms with Gasteiger partial charge in [-0.2, -0.15) is 0 Å². The molecule has 0 aliphatic heterocycles. The summed E-state index contributed by atoms with van der Waals surface area (Å²) in [5.41, 5.74) is 7.07. The van der Waals surface area contributed by atoms with Gasteiger partial charge in [0.25, 0.3) is 0 Å². The fourth-order valence-corrected chi connectivity index (χ4v) is 3.22. The monoisotopic (exact) mass is 297 g/mol. The molecule has 0 aliphatic rings. The first-order valence-electron chi connectivity index (χ1n) is 5.71. The van der Waals surface area contributed by atoms with Crippen molar-refractivity contribution in [1.29, 1.82) is 0 Å². The van der Waals surface area contributed by atoms with Gasteiger partial charge in [-0.25, -0.2) is 4.39 Å². The van der Waals surface area contributed by atoms with E-state index < -0.39 is 10.8 Å². The van der Waals surface area contributed by atoms with Gasteiger partial charge in [0.15, 0.2) is 0 Å². The van der Waals surface area contributed by atoms with Crippen LogP contribution in [0.3, 0.4) is 0 Å². The van der Waals surface area contributed by atoms with E-state index >= 15 is 0 Å². The third kappa shape index (κ3) is 3.62. The van der Waals surface area contributed by atoms with Crippen LogP contribution in [0.25, 0.3) is 0 Å². The molecule has 0 amide bonds. The minimum absolute atomic E-state index is 0.227. The van der Waals surface area contributed by atoms with Crippen LogP contribution in [0.1, 0.15) is 11.1 Å². The largest absolute Gasteiger partial charge is 0.326 e. The van der Waals surface area contributed by atoms with Crippen LogP contribution < -0.4 is 5.73 Å². The quantitative estimate of drug-likeness (QED) is 0.941. The summed E-state index contributed by atoms with van der Waals surface area (Å²) in [4.78, 5) is 0.625. The van der Waals surface area contributed by atoms with Gasteiger partial charge >= 0.3 is 0 Å². The number of benzene rings is 2. The third-order valence-electron chi connectivity index (χ3n) is 2.73. The Morgan fingerprint density at radius 3 is 2.63 bits per heavy atom. The zero-order valence-electron chi connectivity index (χ0n) is 10.1. The molecule has 0 aliphatic carbocycles. The molecule has 0 aromatic heterocycles. The third-order valence-corrected chi connectivity index (χ3v) is 4.32. The van der Waals surface area contributed by atoms with E-state index in [0.717, 1.165) is 5.56 Å². The Kier molecular flexibility index (Phi) is 4.69. The van der Waals surface area contributed by atoms with Crippen molar-refractivity contribution in [2.24, 2.45) is 5.73 Å². The summed E-state index contributed by atoms with van der Waals surface area (Å²) >= 11 is 5.86. The lowest BCUT2D eigenvalue weighted by molar-refractivity contribution is 0.625. The molecule has 2 aromatic rings. The summed E-state index contributed by atoms with van der Waals surface area (Å²) in [5.74, 6) is -0.125. The molecule has 0 spiro atoms. The second kappa shape index (κ2) is 6.28. The van der Waals surface area contributed by atoms with Crippen molar-refractivity contribution in [1.82, 2.24) is 0 Å². The van der Waals surface area contributed by atoms with Crippen LogP contribution in [0.5, 0.6) is 0 Å². The van der Waals surface area contributed by atoms with E-state index in [4.69, 9.17) is 17.3 Å². The Bertz CT molecular complexity index is 618. The van der Waals surface area contributed by atoms with E-state index in [0.29, 0.717) is 22.0 Å². The summed E-state index contributed by atoms with van der Waals surface area (Å²) < 4.78 is 25.5. The maximum atomic E-state index is 13.2. The minimum Gasteiger partial charge on any atom is -0.326 e. The number of hydrogen-bond donors (Lipinski definition) is 1. The maximum absolute atomic E-state index is 13.2. The van der Waals surface area contributed by atoms with Crippen LogP contribution >= 0.6 is 11.6 Å². The van der Waals surface area contributed by atoms with Crippen LogP contribution in [0.4, 0.5) is 4.39 Å². The van der Waals surface area contributed by atoms with Crippen molar-refractivity contribution in [2.75, 3.05) is 0 Å². The standard InChI is InChI=1S/C14H13ClFNOS/c15-12-2-1-3-14(7-12)19(18)9-11-6-13(16)5-4-10(11)8-17/h1-7H,8-9,17H2.